The van der Waals surface area contributed by atoms with Gasteiger partial charge in [-0.05, 0) is 46.0 Å². The van der Waals surface area contributed by atoms with Crippen LogP contribution in [-0.4, -0.2) is 45.3 Å². The molecule has 1 aromatic rings. The summed E-state index contributed by atoms with van der Waals surface area (Å²) in [7, 11) is 0. The SMILES string of the molecule is Cc1nnc(C(CC(C)C)NC(=O)C2CCCN2C(=O)OC(C)(C)C)o1. The highest BCUT2D eigenvalue weighted by Gasteiger charge is 2.37. The third kappa shape index (κ3) is 5.44. The molecule has 1 saturated heterocycles. The molecule has 0 bridgehead atoms. The van der Waals surface area contributed by atoms with E-state index in [1.54, 1.807) is 6.92 Å². The van der Waals surface area contributed by atoms with E-state index >= 15 is 0 Å². The van der Waals surface area contributed by atoms with Crippen molar-refractivity contribution in [3.63, 3.8) is 0 Å². The highest BCUT2D eigenvalue weighted by Crippen LogP contribution is 2.24. The predicted octanol–water partition coefficient (Wildman–Crippen LogP) is 2.98. The molecule has 146 valence electrons. The average Bonchev–Trinajstić information content (AvgIpc) is 3.12. The molecule has 1 aromatic heterocycles. The van der Waals surface area contributed by atoms with Crippen LogP contribution in [-0.2, 0) is 9.53 Å². The highest BCUT2D eigenvalue weighted by atomic mass is 16.6. The molecule has 0 aromatic carbocycles. The number of likely N-dealkylation sites (tertiary alicyclic amines) is 1. The van der Waals surface area contributed by atoms with Gasteiger partial charge in [0.15, 0.2) is 0 Å². The molecule has 2 atom stereocenters. The van der Waals surface area contributed by atoms with Crippen molar-refractivity contribution in [2.75, 3.05) is 6.54 Å². The number of rotatable bonds is 5. The molecule has 1 fully saturated rings. The fraction of sp³-hybridized carbons (Fsp3) is 0.778. The molecule has 0 saturated carbocycles. The van der Waals surface area contributed by atoms with E-state index < -0.39 is 17.7 Å². The van der Waals surface area contributed by atoms with Gasteiger partial charge in [0.25, 0.3) is 0 Å². The van der Waals surface area contributed by atoms with Crippen LogP contribution in [0, 0.1) is 12.8 Å². The molecule has 2 rings (SSSR count). The van der Waals surface area contributed by atoms with Crippen molar-refractivity contribution in [3.8, 4) is 0 Å². The van der Waals surface area contributed by atoms with Gasteiger partial charge in [0.05, 0.1) is 0 Å². The molecule has 0 spiro atoms. The molecule has 2 heterocycles. The zero-order chi connectivity index (χ0) is 19.5. The Balaban J connectivity index is 2.08. The Bertz CT molecular complexity index is 635. The van der Waals surface area contributed by atoms with Gasteiger partial charge in [-0.1, -0.05) is 13.8 Å². The fourth-order valence-corrected chi connectivity index (χ4v) is 2.99. The Morgan fingerprint density at radius 3 is 2.58 bits per heavy atom. The van der Waals surface area contributed by atoms with Gasteiger partial charge in [0.1, 0.15) is 17.7 Å². The van der Waals surface area contributed by atoms with Crippen LogP contribution in [0.3, 0.4) is 0 Å². The fourth-order valence-electron chi connectivity index (χ4n) is 2.99. The lowest BCUT2D eigenvalue weighted by Gasteiger charge is -2.29. The quantitative estimate of drug-likeness (QED) is 0.860. The van der Waals surface area contributed by atoms with Crippen LogP contribution < -0.4 is 5.32 Å². The monoisotopic (exact) mass is 366 g/mol. The van der Waals surface area contributed by atoms with Gasteiger partial charge in [-0.2, -0.15) is 0 Å². The van der Waals surface area contributed by atoms with Crippen molar-refractivity contribution in [1.29, 1.82) is 0 Å². The molecule has 2 unspecified atom stereocenters. The summed E-state index contributed by atoms with van der Waals surface area (Å²) in [4.78, 5) is 26.7. The first-order valence-electron chi connectivity index (χ1n) is 9.17. The summed E-state index contributed by atoms with van der Waals surface area (Å²) < 4.78 is 10.9. The number of aromatic nitrogens is 2. The second kappa shape index (κ2) is 8.05. The van der Waals surface area contributed by atoms with Crippen LogP contribution in [0.5, 0.6) is 0 Å². The topological polar surface area (TPSA) is 97.6 Å². The first kappa shape index (κ1) is 20.2. The minimum absolute atomic E-state index is 0.213. The van der Waals surface area contributed by atoms with Crippen LogP contribution in [0.25, 0.3) is 0 Å². The lowest BCUT2D eigenvalue weighted by Crippen LogP contribution is -2.48. The number of hydrogen-bond acceptors (Lipinski definition) is 6. The summed E-state index contributed by atoms with van der Waals surface area (Å²) in [6.07, 6.45) is 1.60. The molecular weight excluding hydrogens is 336 g/mol. The second-order valence-corrected chi connectivity index (χ2v) is 8.18. The smallest absolute Gasteiger partial charge is 0.410 e. The van der Waals surface area contributed by atoms with E-state index in [2.05, 4.69) is 29.4 Å². The predicted molar refractivity (Wildman–Crippen MR) is 95.3 cm³/mol. The lowest BCUT2D eigenvalue weighted by atomic mass is 10.0. The van der Waals surface area contributed by atoms with E-state index in [4.69, 9.17) is 9.15 Å². The van der Waals surface area contributed by atoms with Gasteiger partial charge in [0.2, 0.25) is 17.7 Å². The number of amides is 2. The van der Waals surface area contributed by atoms with Crippen LogP contribution in [0.1, 0.15) is 71.7 Å². The van der Waals surface area contributed by atoms with Crippen molar-refractivity contribution in [2.24, 2.45) is 5.92 Å². The molecule has 1 aliphatic rings. The van der Waals surface area contributed by atoms with Crippen molar-refractivity contribution >= 4 is 12.0 Å². The van der Waals surface area contributed by atoms with Crippen molar-refractivity contribution in [3.05, 3.63) is 11.8 Å². The van der Waals surface area contributed by atoms with Crippen LogP contribution in [0.2, 0.25) is 0 Å². The number of ether oxygens (including phenoxy) is 1. The number of carbonyl (C=O) groups is 2. The van der Waals surface area contributed by atoms with Gasteiger partial charge in [-0.25, -0.2) is 4.79 Å². The summed E-state index contributed by atoms with van der Waals surface area (Å²) in [5.74, 6) is 0.971. The normalized spacial score (nSPS) is 18.9. The number of carbonyl (C=O) groups excluding carboxylic acids is 2. The minimum atomic E-state index is -0.595. The van der Waals surface area contributed by atoms with E-state index in [1.807, 2.05) is 20.8 Å². The Hall–Kier alpha value is -2.12. The molecule has 1 N–H and O–H groups in total. The molecule has 8 heteroatoms. The van der Waals surface area contributed by atoms with Crippen LogP contribution in [0.4, 0.5) is 4.79 Å². The van der Waals surface area contributed by atoms with E-state index in [1.165, 1.54) is 4.90 Å². The first-order chi connectivity index (χ1) is 12.1. The molecule has 1 aliphatic heterocycles. The van der Waals surface area contributed by atoms with Crippen molar-refractivity contribution in [1.82, 2.24) is 20.4 Å². The van der Waals surface area contributed by atoms with Crippen LogP contribution in [0.15, 0.2) is 4.42 Å². The van der Waals surface area contributed by atoms with Gasteiger partial charge >= 0.3 is 6.09 Å². The highest BCUT2D eigenvalue weighted by molar-refractivity contribution is 5.86. The minimum Gasteiger partial charge on any atom is -0.444 e. The van der Waals surface area contributed by atoms with E-state index in [0.29, 0.717) is 37.1 Å². The lowest BCUT2D eigenvalue weighted by molar-refractivity contribution is -0.126. The third-order valence-electron chi connectivity index (χ3n) is 4.05. The molecular formula is C18H30N4O4. The molecule has 0 aliphatic carbocycles. The number of aryl methyl sites for hydroxylation is 1. The standard InChI is InChI=1S/C18H30N4O4/c1-11(2)10-13(16-21-20-12(3)25-16)19-15(23)14-8-7-9-22(14)17(24)26-18(4,5)6/h11,13-14H,7-10H2,1-6H3,(H,19,23). The molecule has 0 radical (unpaired) electrons. The van der Waals surface area contributed by atoms with Crippen molar-refractivity contribution in [2.45, 2.75) is 78.5 Å². The Labute approximate surface area is 154 Å². The zero-order valence-electron chi connectivity index (χ0n) is 16.5. The number of hydrogen-bond donors (Lipinski definition) is 1. The van der Waals surface area contributed by atoms with Gasteiger partial charge in [-0.15, -0.1) is 10.2 Å². The Kier molecular flexibility index (Phi) is 6.26. The van der Waals surface area contributed by atoms with E-state index in [0.717, 1.165) is 6.42 Å². The summed E-state index contributed by atoms with van der Waals surface area (Å²) in [6, 6.07) is -0.909. The molecule has 8 nitrogen and oxygen atoms in total. The number of nitrogens with one attached hydrogen (secondary N) is 1. The zero-order valence-corrected chi connectivity index (χ0v) is 16.5. The molecule has 26 heavy (non-hydrogen) atoms. The van der Waals surface area contributed by atoms with E-state index in [9.17, 15) is 9.59 Å². The van der Waals surface area contributed by atoms with Crippen molar-refractivity contribution < 1.29 is 18.7 Å². The maximum Gasteiger partial charge on any atom is 0.410 e. The van der Waals surface area contributed by atoms with Gasteiger partial charge in [0, 0.05) is 13.5 Å². The first-order valence-corrected chi connectivity index (χ1v) is 9.17. The third-order valence-corrected chi connectivity index (χ3v) is 4.05. The Morgan fingerprint density at radius 1 is 1.35 bits per heavy atom. The molecule has 2 amide bonds. The second-order valence-electron chi connectivity index (χ2n) is 8.18. The summed E-state index contributed by atoms with van der Waals surface area (Å²) in [6.45, 7) is 11.8. The summed E-state index contributed by atoms with van der Waals surface area (Å²) in [5.41, 5.74) is -0.595. The largest absolute Gasteiger partial charge is 0.444 e. The average molecular weight is 366 g/mol. The Morgan fingerprint density at radius 2 is 2.04 bits per heavy atom. The van der Waals surface area contributed by atoms with Crippen LogP contribution >= 0.6 is 0 Å². The maximum absolute atomic E-state index is 12.8. The maximum atomic E-state index is 12.8. The van der Waals surface area contributed by atoms with E-state index in [-0.39, 0.29) is 11.9 Å². The number of nitrogens with zero attached hydrogens (tertiary/aromatic N) is 3. The summed E-state index contributed by atoms with van der Waals surface area (Å²) in [5, 5.41) is 10.9. The van der Waals surface area contributed by atoms with Gasteiger partial charge < -0.3 is 14.5 Å². The van der Waals surface area contributed by atoms with Gasteiger partial charge in [-0.3, -0.25) is 9.69 Å². The summed E-state index contributed by atoms with van der Waals surface area (Å²) >= 11 is 0.